The topological polar surface area (TPSA) is 55.2 Å². The predicted octanol–water partition coefficient (Wildman–Crippen LogP) is 4.36. The summed E-state index contributed by atoms with van der Waals surface area (Å²) in [5.41, 5.74) is 5.96. The van der Waals surface area contributed by atoms with Crippen molar-refractivity contribution < 1.29 is 4.74 Å². The Bertz CT molecular complexity index is 1060. The largest absolute Gasteiger partial charge is 0.478 e. The van der Waals surface area contributed by atoms with Gasteiger partial charge in [0.25, 0.3) is 0 Å². The molecular weight excluding hydrogens is 386 g/mol. The number of pyridine rings is 1. The molecule has 0 saturated heterocycles. The van der Waals surface area contributed by atoms with Gasteiger partial charge in [-0.25, -0.2) is 4.68 Å². The molecule has 1 aromatic carbocycles. The molecule has 0 bridgehead atoms. The summed E-state index contributed by atoms with van der Waals surface area (Å²) in [5.74, 6) is 1.59. The Morgan fingerprint density at radius 1 is 1.00 bits per heavy atom. The second-order valence-electron chi connectivity index (χ2n) is 8.35. The number of rotatable bonds is 7. The molecule has 6 nitrogen and oxygen atoms in total. The highest BCUT2D eigenvalue weighted by Crippen LogP contribution is 2.26. The van der Waals surface area contributed by atoms with E-state index in [-0.39, 0.29) is 0 Å². The first-order chi connectivity index (χ1) is 15.2. The molecule has 0 saturated carbocycles. The average Bonchev–Trinajstić information content (AvgIpc) is 3.23. The number of ether oxygens (including phenoxy) is 1. The fraction of sp³-hybridized carbons (Fsp3) is 0.360. The molecule has 4 heterocycles. The highest BCUT2D eigenvalue weighted by atomic mass is 16.5. The van der Waals surface area contributed by atoms with E-state index >= 15 is 0 Å². The van der Waals surface area contributed by atoms with Gasteiger partial charge in [0.1, 0.15) is 5.82 Å². The second-order valence-corrected chi connectivity index (χ2v) is 8.35. The summed E-state index contributed by atoms with van der Waals surface area (Å²) in [6.45, 7) is 7.82. The van der Waals surface area contributed by atoms with Crippen LogP contribution in [0.25, 0.3) is 5.69 Å². The van der Waals surface area contributed by atoms with Gasteiger partial charge in [0.2, 0.25) is 5.88 Å². The summed E-state index contributed by atoms with van der Waals surface area (Å²) in [4.78, 5) is 7.11. The van der Waals surface area contributed by atoms with E-state index < -0.39 is 0 Å². The molecule has 6 heteroatoms. The number of fused-ring (bicyclic) bond motifs is 2. The Morgan fingerprint density at radius 2 is 1.90 bits per heavy atom. The van der Waals surface area contributed by atoms with Crippen LogP contribution in [0.2, 0.25) is 0 Å². The fourth-order valence-electron chi connectivity index (χ4n) is 4.27. The third kappa shape index (κ3) is 4.64. The van der Waals surface area contributed by atoms with E-state index in [2.05, 4.69) is 58.3 Å². The van der Waals surface area contributed by atoms with Crippen molar-refractivity contribution in [2.45, 2.75) is 38.6 Å². The van der Waals surface area contributed by atoms with Crippen LogP contribution >= 0.6 is 0 Å². The fourth-order valence-corrected chi connectivity index (χ4v) is 4.27. The number of aromatic nitrogens is 3. The summed E-state index contributed by atoms with van der Waals surface area (Å²) >= 11 is 0. The Balaban J connectivity index is 1.07. The normalized spacial score (nSPS) is 15.8. The van der Waals surface area contributed by atoms with Crippen LogP contribution in [0.5, 0.6) is 5.88 Å². The van der Waals surface area contributed by atoms with Crippen molar-refractivity contribution in [3.05, 3.63) is 77.8 Å². The predicted molar refractivity (Wildman–Crippen MR) is 123 cm³/mol. The van der Waals surface area contributed by atoms with E-state index in [0.717, 1.165) is 68.9 Å². The van der Waals surface area contributed by atoms with E-state index in [1.807, 2.05) is 16.8 Å². The third-order valence-corrected chi connectivity index (χ3v) is 6.02. The molecule has 2 aliphatic rings. The minimum Gasteiger partial charge on any atom is -0.478 e. The van der Waals surface area contributed by atoms with Crippen LogP contribution in [-0.2, 0) is 19.4 Å². The SMILES string of the molecule is C=C1CCc2ccc(OCCCCN3CCc4nn(-c5ccccc5)cc4C3)nc2N1. The number of nitrogens with zero attached hydrogens (tertiary/aromatic N) is 4. The lowest BCUT2D eigenvalue weighted by Gasteiger charge is -2.25. The van der Waals surface area contributed by atoms with Crippen LogP contribution in [0.3, 0.4) is 0 Å². The molecule has 0 spiro atoms. The van der Waals surface area contributed by atoms with Gasteiger partial charge >= 0.3 is 0 Å². The molecule has 0 radical (unpaired) electrons. The number of nitrogens with one attached hydrogen (secondary N) is 1. The Morgan fingerprint density at radius 3 is 2.81 bits per heavy atom. The maximum atomic E-state index is 5.89. The van der Waals surface area contributed by atoms with Crippen molar-refractivity contribution in [3.8, 4) is 11.6 Å². The Hall–Kier alpha value is -3.12. The van der Waals surface area contributed by atoms with Crippen LogP contribution in [0.4, 0.5) is 5.82 Å². The lowest BCUT2D eigenvalue weighted by Crippen LogP contribution is -2.31. The van der Waals surface area contributed by atoms with Crippen LogP contribution in [-0.4, -0.2) is 39.4 Å². The first-order valence-corrected chi connectivity index (χ1v) is 11.2. The highest BCUT2D eigenvalue weighted by molar-refractivity contribution is 5.53. The van der Waals surface area contributed by atoms with Gasteiger partial charge in [-0.15, -0.1) is 0 Å². The van der Waals surface area contributed by atoms with Gasteiger partial charge in [-0.1, -0.05) is 24.8 Å². The van der Waals surface area contributed by atoms with Crippen molar-refractivity contribution in [1.82, 2.24) is 19.7 Å². The molecule has 0 unspecified atom stereocenters. The maximum Gasteiger partial charge on any atom is 0.215 e. The zero-order chi connectivity index (χ0) is 21.0. The number of para-hydroxylation sites is 1. The van der Waals surface area contributed by atoms with E-state index in [9.17, 15) is 0 Å². The molecule has 2 aromatic heterocycles. The summed E-state index contributed by atoms with van der Waals surface area (Å²) < 4.78 is 7.90. The highest BCUT2D eigenvalue weighted by Gasteiger charge is 2.19. The van der Waals surface area contributed by atoms with E-state index in [0.29, 0.717) is 12.5 Å². The number of unbranched alkanes of at least 4 members (excludes halogenated alkanes) is 1. The van der Waals surface area contributed by atoms with Gasteiger partial charge in [-0.05, 0) is 56.0 Å². The number of allylic oxidation sites excluding steroid dienone is 1. The van der Waals surface area contributed by atoms with Gasteiger partial charge in [0.05, 0.1) is 18.0 Å². The quantitative estimate of drug-likeness (QED) is 0.581. The van der Waals surface area contributed by atoms with Gasteiger partial charge in [-0.3, -0.25) is 4.90 Å². The number of anilines is 1. The smallest absolute Gasteiger partial charge is 0.215 e. The standard InChI is InChI=1S/C25H29N5O/c1-19-9-10-20-11-12-24(27-25(20)26-19)31-16-6-5-14-29-15-13-23-21(17-29)18-30(28-23)22-7-3-2-4-8-22/h2-4,7-8,11-12,18H,1,5-6,9-10,13-17H2,(H,26,27). The van der Waals surface area contributed by atoms with Crippen molar-refractivity contribution in [2.75, 3.05) is 25.0 Å². The van der Waals surface area contributed by atoms with Crippen LogP contribution < -0.4 is 10.1 Å². The monoisotopic (exact) mass is 415 g/mol. The first kappa shape index (κ1) is 19.8. The molecular formula is C25H29N5O. The Labute approximate surface area is 183 Å². The molecule has 0 fully saturated rings. The van der Waals surface area contributed by atoms with Crippen LogP contribution in [0.1, 0.15) is 36.1 Å². The molecule has 1 N–H and O–H groups in total. The van der Waals surface area contributed by atoms with E-state index in [1.54, 1.807) is 0 Å². The lowest BCUT2D eigenvalue weighted by atomic mass is 10.1. The number of benzene rings is 1. The maximum absolute atomic E-state index is 5.89. The van der Waals surface area contributed by atoms with Crippen molar-refractivity contribution in [2.24, 2.45) is 0 Å². The molecule has 0 aliphatic carbocycles. The third-order valence-electron chi connectivity index (χ3n) is 6.02. The number of hydrogen-bond donors (Lipinski definition) is 1. The summed E-state index contributed by atoms with van der Waals surface area (Å²) in [7, 11) is 0. The van der Waals surface area contributed by atoms with Crippen LogP contribution in [0.15, 0.2) is 60.9 Å². The summed E-state index contributed by atoms with van der Waals surface area (Å²) in [5, 5.41) is 8.05. The van der Waals surface area contributed by atoms with Gasteiger partial charge in [0.15, 0.2) is 0 Å². The van der Waals surface area contributed by atoms with Crippen molar-refractivity contribution in [3.63, 3.8) is 0 Å². The van der Waals surface area contributed by atoms with E-state index in [1.165, 1.54) is 16.8 Å². The molecule has 2 aliphatic heterocycles. The van der Waals surface area contributed by atoms with Crippen LogP contribution in [0, 0.1) is 0 Å². The molecule has 0 atom stereocenters. The zero-order valence-corrected chi connectivity index (χ0v) is 17.9. The molecule has 31 heavy (non-hydrogen) atoms. The molecule has 0 amide bonds. The van der Waals surface area contributed by atoms with Gasteiger partial charge in [-0.2, -0.15) is 10.1 Å². The molecule has 160 valence electrons. The molecule has 3 aromatic rings. The number of hydrogen-bond acceptors (Lipinski definition) is 5. The number of aryl methyl sites for hydroxylation is 1. The lowest BCUT2D eigenvalue weighted by molar-refractivity contribution is 0.232. The van der Waals surface area contributed by atoms with Gasteiger partial charge in [0, 0.05) is 43.0 Å². The first-order valence-electron chi connectivity index (χ1n) is 11.2. The second kappa shape index (κ2) is 8.94. The molecule has 5 rings (SSSR count). The van der Waals surface area contributed by atoms with Gasteiger partial charge < -0.3 is 10.1 Å². The zero-order valence-electron chi connectivity index (χ0n) is 17.9. The van der Waals surface area contributed by atoms with E-state index in [4.69, 9.17) is 9.84 Å². The summed E-state index contributed by atoms with van der Waals surface area (Å²) in [6, 6.07) is 14.4. The average molecular weight is 416 g/mol. The summed E-state index contributed by atoms with van der Waals surface area (Å²) in [6.07, 6.45) is 7.30. The Kier molecular flexibility index (Phi) is 5.71. The van der Waals surface area contributed by atoms with Crippen molar-refractivity contribution >= 4 is 5.82 Å². The minimum atomic E-state index is 0.692. The van der Waals surface area contributed by atoms with Crippen molar-refractivity contribution in [1.29, 1.82) is 0 Å². The minimum absolute atomic E-state index is 0.692.